The van der Waals surface area contributed by atoms with E-state index in [4.69, 9.17) is 0 Å². The molecule has 5 nitrogen and oxygen atoms in total. The molecular formula is C15H21N5. The molecule has 2 aromatic heterocycles. The molecule has 0 N–H and O–H groups in total. The van der Waals surface area contributed by atoms with Gasteiger partial charge in [-0.3, -0.25) is 9.67 Å². The number of rotatable bonds is 4. The number of piperidine rings is 1. The summed E-state index contributed by atoms with van der Waals surface area (Å²) in [4.78, 5) is 6.99. The number of nitrogens with zero attached hydrogens (tertiary/aromatic N) is 5. The Hall–Kier alpha value is -1.75. The van der Waals surface area contributed by atoms with Gasteiger partial charge in [0.2, 0.25) is 0 Å². The van der Waals surface area contributed by atoms with Crippen LogP contribution >= 0.6 is 0 Å². The van der Waals surface area contributed by atoms with Crippen LogP contribution in [0, 0.1) is 6.92 Å². The first-order valence-electron chi connectivity index (χ1n) is 7.38. The van der Waals surface area contributed by atoms with E-state index >= 15 is 0 Å². The second-order valence-corrected chi connectivity index (χ2v) is 5.43. The predicted molar refractivity (Wildman–Crippen MR) is 78.3 cm³/mol. The molecule has 2 aromatic rings. The van der Waals surface area contributed by atoms with Crippen LogP contribution < -0.4 is 0 Å². The summed E-state index contributed by atoms with van der Waals surface area (Å²) in [7, 11) is 0. The van der Waals surface area contributed by atoms with Crippen molar-refractivity contribution in [2.45, 2.75) is 32.7 Å². The third-order valence-electron chi connectivity index (χ3n) is 3.78. The molecule has 0 aliphatic carbocycles. The minimum Gasteiger partial charge on any atom is -0.301 e. The fourth-order valence-corrected chi connectivity index (χ4v) is 2.64. The highest BCUT2D eigenvalue weighted by Crippen LogP contribution is 2.13. The first kappa shape index (κ1) is 13.2. The van der Waals surface area contributed by atoms with Gasteiger partial charge in [-0.05, 0) is 45.0 Å². The topological polar surface area (TPSA) is 46.8 Å². The van der Waals surface area contributed by atoms with Gasteiger partial charge in [0.15, 0.2) is 0 Å². The Labute approximate surface area is 119 Å². The van der Waals surface area contributed by atoms with Gasteiger partial charge in [-0.2, -0.15) is 0 Å². The van der Waals surface area contributed by atoms with Gasteiger partial charge in [-0.1, -0.05) is 17.7 Å². The number of aromatic nitrogens is 4. The third-order valence-corrected chi connectivity index (χ3v) is 3.78. The molecule has 0 spiro atoms. The summed E-state index contributed by atoms with van der Waals surface area (Å²) in [5.41, 5.74) is 2.76. The molecule has 0 bridgehead atoms. The second kappa shape index (κ2) is 6.13. The lowest BCUT2D eigenvalue weighted by Gasteiger charge is -2.25. The molecule has 0 atom stereocenters. The molecule has 1 aliphatic heterocycles. The van der Waals surface area contributed by atoms with Crippen LogP contribution in [0.25, 0.3) is 11.4 Å². The van der Waals surface area contributed by atoms with Crippen LogP contribution in [0.3, 0.4) is 0 Å². The summed E-state index contributed by atoms with van der Waals surface area (Å²) in [5.74, 6) is 0. The van der Waals surface area contributed by atoms with Crippen LogP contribution in [0.4, 0.5) is 0 Å². The zero-order valence-corrected chi connectivity index (χ0v) is 12.0. The first-order chi connectivity index (χ1) is 9.81. The quantitative estimate of drug-likeness (QED) is 0.854. The van der Waals surface area contributed by atoms with Crippen molar-refractivity contribution in [2.24, 2.45) is 0 Å². The van der Waals surface area contributed by atoms with E-state index in [1.165, 1.54) is 32.4 Å². The van der Waals surface area contributed by atoms with Crippen molar-refractivity contribution in [1.29, 1.82) is 0 Å². The first-order valence-corrected chi connectivity index (χ1v) is 7.38. The molecule has 0 unspecified atom stereocenters. The van der Waals surface area contributed by atoms with E-state index in [0.717, 1.165) is 30.2 Å². The largest absolute Gasteiger partial charge is 0.301 e. The van der Waals surface area contributed by atoms with Gasteiger partial charge < -0.3 is 4.90 Å². The lowest BCUT2D eigenvalue weighted by Crippen LogP contribution is -2.32. The van der Waals surface area contributed by atoms with Gasteiger partial charge in [0, 0.05) is 12.2 Å². The number of hydrogen-bond donors (Lipinski definition) is 0. The number of aryl methyl sites for hydroxylation is 1. The molecule has 0 radical (unpaired) electrons. The molecule has 0 aromatic carbocycles. The highest BCUT2D eigenvalue weighted by atomic mass is 15.4. The van der Waals surface area contributed by atoms with Crippen molar-refractivity contribution in [2.75, 3.05) is 19.6 Å². The molecular weight excluding hydrogens is 250 g/mol. The van der Waals surface area contributed by atoms with Gasteiger partial charge in [-0.25, -0.2) is 0 Å². The average molecular weight is 271 g/mol. The van der Waals surface area contributed by atoms with Crippen LogP contribution in [-0.4, -0.2) is 44.5 Å². The van der Waals surface area contributed by atoms with Gasteiger partial charge >= 0.3 is 0 Å². The zero-order valence-electron chi connectivity index (χ0n) is 12.0. The summed E-state index contributed by atoms with van der Waals surface area (Å²) in [6.45, 7) is 6.40. The van der Waals surface area contributed by atoms with E-state index in [1.54, 1.807) is 0 Å². The Bertz CT molecular complexity index is 557. The van der Waals surface area contributed by atoms with Crippen molar-refractivity contribution in [1.82, 2.24) is 24.9 Å². The van der Waals surface area contributed by atoms with Crippen molar-refractivity contribution in [3.8, 4) is 11.4 Å². The fourth-order valence-electron chi connectivity index (χ4n) is 2.64. The van der Waals surface area contributed by atoms with Gasteiger partial charge in [0.05, 0.1) is 18.4 Å². The Balaban J connectivity index is 1.61. The third kappa shape index (κ3) is 3.22. The molecule has 20 heavy (non-hydrogen) atoms. The van der Waals surface area contributed by atoms with Crippen molar-refractivity contribution < 1.29 is 0 Å². The van der Waals surface area contributed by atoms with Crippen molar-refractivity contribution >= 4 is 0 Å². The smallest absolute Gasteiger partial charge is 0.131 e. The number of likely N-dealkylation sites (tertiary alicyclic amines) is 1. The van der Waals surface area contributed by atoms with E-state index < -0.39 is 0 Å². The van der Waals surface area contributed by atoms with E-state index in [-0.39, 0.29) is 0 Å². The summed E-state index contributed by atoms with van der Waals surface area (Å²) >= 11 is 0. The number of hydrogen-bond acceptors (Lipinski definition) is 4. The maximum absolute atomic E-state index is 4.48. The summed E-state index contributed by atoms with van der Waals surface area (Å²) in [6.07, 6.45) is 6.03. The Morgan fingerprint density at radius 3 is 2.70 bits per heavy atom. The summed E-state index contributed by atoms with van der Waals surface area (Å²) in [6, 6.07) is 5.97. The Morgan fingerprint density at radius 2 is 1.90 bits per heavy atom. The maximum Gasteiger partial charge on any atom is 0.131 e. The van der Waals surface area contributed by atoms with Crippen LogP contribution in [0.1, 0.15) is 25.0 Å². The zero-order chi connectivity index (χ0) is 13.8. The molecule has 1 fully saturated rings. The van der Waals surface area contributed by atoms with Crippen molar-refractivity contribution in [3.05, 3.63) is 30.1 Å². The van der Waals surface area contributed by atoms with Gasteiger partial charge in [-0.15, -0.1) is 5.10 Å². The highest BCUT2D eigenvalue weighted by Gasteiger charge is 2.10. The van der Waals surface area contributed by atoms with Crippen LogP contribution in [-0.2, 0) is 6.54 Å². The molecule has 106 valence electrons. The number of pyridine rings is 1. The Morgan fingerprint density at radius 1 is 1.05 bits per heavy atom. The second-order valence-electron chi connectivity index (χ2n) is 5.43. The monoisotopic (exact) mass is 271 g/mol. The van der Waals surface area contributed by atoms with E-state index in [1.807, 2.05) is 36.0 Å². The average Bonchev–Trinajstić information content (AvgIpc) is 2.95. The molecule has 1 saturated heterocycles. The normalized spacial score (nSPS) is 16.4. The van der Waals surface area contributed by atoms with E-state index in [0.29, 0.717) is 0 Å². The standard InChI is InChI=1S/C15H21N5/c1-13-6-5-7-14(16-13)15-12-20(18-17-15)11-10-19-8-3-2-4-9-19/h5-7,12H,2-4,8-11H2,1H3. The molecule has 5 heteroatoms. The molecule has 1 aliphatic rings. The highest BCUT2D eigenvalue weighted by molar-refractivity contribution is 5.52. The lowest BCUT2D eigenvalue weighted by atomic mass is 10.1. The summed E-state index contributed by atoms with van der Waals surface area (Å²) < 4.78 is 1.92. The van der Waals surface area contributed by atoms with Gasteiger partial charge in [0.25, 0.3) is 0 Å². The predicted octanol–water partition coefficient (Wildman–Crippen LogP) is 2.13. The molecule has 3 rings (SSSR count). The fraction of sp³-hybridized carbons (Fsp3) is 0.533. The van der Waals surface area contributed by atoms with E-state index in [2.05, 4.69) is 20.2 Å². The minimum atomic E-state index is 0.854. The van der Waals surface area contributed by atoms with Crippen molar-refractivity contribution in [3.63, 3.8) is 0 Å². The minimum absolute atomic E-state index is 0.854. The van der Waals surface area contributed by atoms with Crippen LogP contribution in [0.5, 0.6) is 0 Å². The van der Waals surface area contributed by atoms with Gasteiger partial charge in [0.1, 0.15) is 5.69 Å². The summed E-state index contributed by atoms with van der Waals surface area (Å²) in [5, 5.41) is 8.43. The van der Waals surface area contributed by atoms with Crippen LogP contribution in [0.2, 0.25) is 0 Å². The molecule has 0 amide bonds. The van der Waals surface area contributed by atoms with E-state index in [9.17, 15) is 0 Å². The lowest BCUT2D eigenvalue weighted by molar-refractivity contribution is 0.217. The molecule has 0 saturated carbocycles. The maximum atomic E-state index is 4.48. The SMILES string of the molecule is Cc1cccc(-c2cn(CCN3CCCCC3)nn2)n1. The Kier molecular flexibility index (Phi) is 4.06. The molecule has 3 heterocycles. The van der Waals surface area contributed by atoms with Crippen LogP contribution in [0.15, 0.2) is 24.4 Å².